The van der Waals surface area contributed by atoms with E-state index in [1.807, 2.05) is 30.6 Å². The van der Waals surface area contributed by atoms with Gasteiger partial charge < -0.3 is 41.3 Å². The Morgan fingerprint density at radius 1 is 0.577 bits per heavy atom. The van der Waals surface area contributed by atoms with E-state index in [1.165, 1.54) is 0 Å². The highest BCUT2D eigenvalue weighted by molar-refractivity contribution is 5.76. The van der Waals surface area contributed by atoms with Crippen LogP contribution < -0.4 is 10.6 Å². The van der Waals surface area contributed by atoms with Crippen LogP contribution in [0.25, 0.3) is 0 Å². The van der Waals surface area contributed by atoms with Gasteiger partial charge in [0.2, 0.25) is 11.8 Å². The summed E-state index contributed by atoms with van der Waals surface area (Å²) in [6.07, 6.45) is 15.5. The first-order chi connectivity index (χ1) is 37.2. The molecule has 3 heterocycles. The smallest absolute Gasteiger partial charge is 0.220 e. The second-order valence-electron chi connectivity index (χ2n) is 28.1. The lowest BCUT2D eigenvalue weighted by molar-refractivity contribution is -0.207. The Labute approximate surface area is 461 Å². The SMILES string of the molecule is C[C@H](CCC(=O)NCc1cn(Cc2cccc(Cn3cc(CNC(=O)CC[C@@H](C)[C@H]4CC[C@H]5[C@@H]6[C@H](O)C[C@@H]7C[C@H](O)CC[C@]7(C)[C@H]6C[C@H](O)[C@]45C)nn3)n2)nn1)[C@H]1CC[C@H]2[C@@H]3[C@H](O)C[C@@H]4C[C@H](O)CC[C@]4(C)[C@H]3C[C@H](O)[C@]12C. The molecule has 0 radical (unpaired) electrons. The van der Waals surface area contributed by atoms with Crippen molar-refractivity contribution in [3.8, 4) is 0 Å². The number of aromatic nitrogens is 7. The van der Waals surface area contributed by atoms with Crippen molar-refractivity contribution >= 4 is 11.8 Å². The molecule has 78 heavy (non-hydrogen) atoms. The van der Waals surface area contributed by atoms with E-state index >= 15 is 0 Å². The number of aliphatic hydroxyl groups is 6. The van der Waals surface area contributed by atoms with Gasteiger partial charge in [0, 0.05) is 12.8 Å². The van der Waals surface area contributed by atoms with Crippen molar-refractivity contribution in [3.63, 3.8) is 0 Å². The molecule has 8 fully saturated rings. The van der Waals surface area contributed by atoms with Gasteiger partial charge in [0.25, 0.3) is 0 Å². The molecule has 2 amide bonds. The molecule has 3 aromatic heterocycles. The van der Waals surface area contributed by atoms with Crippen LogP contribution in [-0.2, 0) is 35.8 Å². The minimum Gasteiger partial charge on any atom is -0.393 e. The van der Waals surface area contributed by atoms with Crippen molar-refractivity contribution in [2.24, 2.45) is 92.7 Å². The van der Waals surface area contributed by atoms with Crippen molar-refractivity contribution in [3.05, 3.63) is 53.4 Å². The van der Waals surface area contributed by atoms with E-state index < -0.39 is 24.4 Å². The summed E-state index contributed by atoms with van der Waals surface area (Å²) >= 11 is 0. The van der Waals surface area contributed by atoms with Crippen molar-refractivity contribution < 1.29 is 40.2 Å². The molecule has 3 aromatic rings. The molecule has 8 saturated carbocycles. The molecule has 8 N–H and O–H groups in total. The van der Waals surface area contributed by atoms with Gasteiger partial charge in [-0.3, -0.25) is 14.6 Å². The van der Waals surface area contributed by atoms with E-state index in [0.29, 0.717) is 62.0 Å². The summed E-state index contributed by atoms with van der Waals surface area (Å²) in [5, 5.41) is 91.6. The molecule has 430 valence electrons. The van der Waals surface area contributed by atoms with Gasteiger partial charge in [-0.25, -0.2) is 9.36 Å². The predicted molar refractivity (Wildman–Crippen MR) is 291 cm³/mol. The van der Waals surface area contributed by atoms with Crippen LogP contribution in [0.4, 0.5) is 0 Å². The molecule has 22 atom stereocenters. The second kappa shape index (κ2) is 21.8. The Hall–Kier alpha value is -3.87. The van der Waals surface area contributed by atoms with Crippen LogP contribution in [0.5, 0.6) is 0 Å². The maximum atomic E-state index is 13.2. The highest BCUT2D eigenvalue weighted by atomic mass is 16.3. The summed E-state index contributed by atoms with van der Waals surface area (Å²) in [6, 6.07) is 5.81. The summed E-state index contributed by atoms with van der Waals surface area (Å²) in [5.41, 5.74) is 2.37. The molecule has 0 aliphatic heterocycles. The molecule has 17 nitrogen and oxygen atoms in total. The van der Waals surface area contributed by atoms with Crippen LogP contribution in [0.2, 0.25) is 0 Å². The third-order valence-corrected chi connectivity index (χ3v) is 24.3. The van der Waals surface area contributed by atoms with E-state index in [1.54, 1.807) is 9.36 Å². The van der Waals surface area contributed by atoms with Gasteiger partial charge >= 0.3 is 0 Å². The fourth-order valence-corrected chi connectivity index (χ4v) is 20.0. The lowest BCUT2D eigenvalue weighted by Gasteiger charge is -2.63. The van der Waals surface area contributed by atoms with Gasteiger partial charge in [0.05, 0.1) is 86.6 Å². The first-order valence-electron chi connectivity index (χ1n) is 30.5. The molecule has 11 rings (SSSR count). The molecule has 0 unspecified atom stereocenters. The van der Waals surface area contributed by atoms with Crippen molar-refractivity contribution in [1.82, 2.24) is 45.6 Å². The number of amides is 2. The average Bonchev–Trinajstić information content (AvgIpc) is 3.79. The Morgan fingerprint density at radius 2 is 1.00 bits per heavy atom. The first-order valence-corrected chi connectivity index (χ1v) is 30.5. The second-order valence-corrected chi connectivity index (χ2v) is 28.1. The van der Waals surface area contributed by atoms with Gasteiger partial charge in [0.15, 0.2) is 0 Å². The number of aliphatic hydroxyl groups excluding tert-OH is 6. The molecule has 17 heteroatoms. The van der Waals surface area contributed by atoms with Gasteiger partial charge in [-0.05, 0) is 208 Å². The normalized spacial score (nSPS) is 42.5. The molecular weight excluding hydrogens is 987 g/mol. The van der Waals surface area contributed by atoms with E-state index in [0.717, 1.165) is 101 Å². The van der Waals surface area contributed by atoms with Crippen LogP contribution in [0, 0.1) is 92.7 Å². The highest BCUT2D eigenvalue weighted by Gasteiger charge is 2.67. The fourth-order valence-electron chi connectivity index (χ4n) is 20.0. The summed E-state index contributed by atoms with van der Waals surface area (Å²) in [5.74, 6) is 2.90. The van der Waals surface area contributed by atoms with Crippen molar-refractivity contribution in [1.29, 1.82) is 0 Å². The lowest BCUT2D eigenvalue weighted by Crippen LogP contribution is -2.62. The molecule has 0 saturated heterocycles. The number of rotatable bonds is 16. The number of nitrogens with zero attached hydrogens (tertiary/aromatic N) is 7. The number of carbonyl (C=O) groups excluding carboxylic acids is 2. The lowest BCUT2D eigenvalue weighted by atomic mass is 9.43. The highest BCUT2D eigenvalue weighted by Crippen LogP contribution is 2.70. The number of nitrogens with one attached hydrogen (secondary N) is 2. The minimum atomic E-state index is -0.450. The molecule has 8 aliphatic carbocycles. The topological polar surface area (TPSA) is 254 Å². The predicted octanol–water partition coefficient (Wildman–Crippen LogP) is 6.35. The maximum Gasteiger partial charge on any atom is 0.220 e. The molecule has 0 bridgehead atoms. The zero-order valence-corrected chi connectivity index (χ0v) is 47.5. The Bertz CT molecular complexity index is 2440. The van der Waals surface area contributed by atoms with Crippen LogP contribution in [0.1, 0.15) is 180 Å². The third kappa shape index (κ3) is 10.1. The van der Waals surface area contributed by atoms with Crippen molar-refractivity contribution in [2.45, 2.75) is 220 Å². The maximum absolute atomic E-state index is 13.2. The van der Waals surface area contributed by atoms with E-state index in [-0.39, 0.29) is 118 Å². The van der Waals surface area contributed by atoms with Gasteiger partial charge in [-0.2, -0.15) is 0 Å². The third-order valence-electron chi connectivity index (χ3n) is 24.3. The fraction of sp³-hybridized carbons (Fsp3) is 0.820. The number of fused-ring (bicyclic) bond motifs is 10. The quantitative estimate of drug-likeness (QED) is 0.0780. The monoisotopic (exact) mass is 1080 g/mol. The number of hydrogen-bond acceptors (Lipinski definition) is 13. The standard InChI is InChI=1S/C61H93N9O8/c1-34(44-12-14-46-56-48(26-52(75)60(44,46)5)58(3)20-18-42(71)22-36(58)24-50(56)73)10-16-54(77)62-28-40-32-69(67-65-40)30-38-8-7-9-39(64-38)31-70-33-41(66-68-70)29-63-55(78)17-11-35(2)45-13-15-47-57-49(27-53(76)61(45,47)6)59(4)21-19-43(72)23-37(59)25-51(57)74/h7-9,32-37,42-53,56-57,71-76H,10-31H2,1-6H3,(H,62,77)(H,63,78)/t34-,35-,36+,37+,42-,43-,44-,45-,46+,47+,48+,49+,50-,51-,52+,53+,56+,57+,58+,59+,60-,61-/m1/s1. The van der Waals surface area contributed by atoms with Crippen LogP contribution >= 0.6 is 0 Å². The Morgan fingerprint density at radius 3 is 1.42 bits per heavy atom. The summed E-state index contributed by atoms with van der Waals surface area (Å²) in [6.45, 7) is 15.0. The van der Waals surface area contributed by atoms with Crippen LogP contribution in [-0.4, -0.2) is 114 Å². The van der Waals surface area contributed by atoms with Gasteiger partial charge in [0.1, 0.15) is 11.4 Å². The minimum absolute atomic E-state index is 0.0384. The van der Waals surface area contributed by atoms with Gasteiger partial charge in [-0.15, -0.1) is 10.2 Å². The Balaban J connectivity index is 0.604. The molecule has 0 aromatic carbocycles. The van der Waals surface area contributed by atoms with Crippen LogP contribution in [0.3, 0.4) is 0 Å². The zero-order chi connectivity index (χ0) is 55.1. The number of carbonyl (C=O) groups is 2. The first kappa shape index (κ1) is 56.0. The average molecular weight is 1080 g/mol. The van der Waals surface area contributed by atoms with Crippen LogP contribution in [0.15, 0.2) is 30.6 Å². The van der Waals surface area contributed by atoms with Crippen molar-refractivity contribution in [2.75, 3.05) is 0 Å². The molecular formula is C61H93N9O8. The Kier molecular flexibility index (Phi) is 15.6. The summed E-state index contributed by atoms with van der Waals surface area (Å²) in [4.78, 5) is 31.3. The number of pyridine rings is 1. The zero-order valence-electron chi connectivity index (χ0n) is 47.5. The largest absolute Gasteiger partial charge is 0.393 e. The summed E-state index contributed by atoms with van der Waals surface area (Å²) in [7, 11) is 0. The molecule has 0 spiro atoms. The molecule has 8 aliphatic rings. The van der Waals surface area contributed by atoms with E-state index in [2.05, 4.69) is 72.8 Å². The van der Waals surface area contributed by atoms with Gasteiger partial charge in [-0.1, -0.05) is 58.0 Å². The number of hydrogen-bond donors (Lipinski definition) is 8. The summed E-state index contributed by atoms with van der Waals surface area (Å²) < 4.78 is 3.43. The van der Waals surface area contributed by atoms with E-state index in [9.17, 15) is 40.2 Å². The van der Waals surface area contributed by atoms with E-state index in [4.69, 9.17) is 4.98 Å².